The van der Waals surface area contributed by atoms with Crippen LogP contribution in [0.2, 0.25) is 0 Å². The van der Waals surface area contributed by atoms with Crippen LogP contribution in [-0.4, -0.2) is 14.4 Å². The van der Waals surface area contributed by atoms with Gasteiger partial charge < -0.3 is 0 Å². The van der Waals surface area contributed by atoms with Crippen LogP contribution in [0.15, 0.2) is 151 Å². The van der Waals surface area contributed by atoms with E-state index < -0.39 is 5.41 Å². The van der Waals surface area contributed by atoms with Crippen molar-refractivity contribution in [3.63, 3.8) is 0 Å². The minimum absolute atomic E-state index is 0.275. The van der Waals surface area contributed by atoms with Crippen LogP contribution in [0.3, 0.4) is 0 Å². The zero-order valence-electron chi connectivity index (χ0n) is 29.3. The summed E-state index contributed by atoms with van der Waals surface area (Å²) in [5.41, 5.74) is 19.2. The highest BCUT2D eigenvalue weighted by atomic mass is 32.1. The molecule has 9 aromatic rings. The Morgan fingerprint density at radius 3 is 2.30 bits per heavy atom. The lowest BCUT2D eigenvalue weighted by atomic mass is 9.67. The number of fused-ring (bicyclic) bond motifs is 16. The van der Waals surface area contributed by atoms with Gasteiger partial charge in [-0.25, -0.2) is 9.97 Å². The summed E-state index contributed by atoms with van der Waals surface area (Å²) in [5, 5.41) is 11.2. The van der Waals surface area contributed by atoms with Crippen molar-refractivity contribution in [1.29, 1.82) is 5.26 Å². The number of nitriles is 1. The first-order chi connectivity index (χ1) is 26.6. The number of hydrogen-bond acceptors (Lipinski definition) is 4. The summed E-state index contributed by atoms with van der Waals surface area (Å²) in [6, 6.07) is 52.5. The number of pyridine rings is 1. The molecule has 0 bridgehead atoms. The summed E-state index contributed by atoms with van der Waals surface area (Å²) in [6.45, 7) is 2.36. The predicted octanol–water partition coefficient (Wildman–Crippen LogP) is 12.0. The normalized spacial score (nSPS) is 16.5. The Bertz CT molecular complexity index is 3190. The summed E-state index contributed by atoms with van der Waals surface area (Å²) in [7, 11) is 0. The number of nitrogens with zero attached hydrogens (tertiary/aromatic N) is 4. The van der Waals surface area contributed by atoms with Gasteiger partial charge in [0.05, 0.1) is 38.5 Å². The predicted molar refractivity (Wildman–Crippen MR) is 220 cm³/mol. The van der Waals surface area contributed by atoms with Gasteiger partial charge >= 0.3 is 0 Å². The number of aromatic nitrogens is 3. The van der Waals surface area contributed by atoms with Crippen molar-refractivity contribution >= 4 is 59.6 Å². The molecule has 12 rings (SSSR count). The standard InChI is InChI=1S/C49H30N4S/c1-28-23-37-34-22-21-29(27-50)24-40(34)49(38-16-5-2-13-32(38)33-14-3-6-17-39(33)49)41(37)26-36(28)30-11-10-12-31(25-30)45-47-46(35-15-4-7-18-42(35)51-45)52-48-53(47)43-19-8-9-20-44(43)54-48/h2-22,24-26,28H,23H2,1H3. The minimum atomic E-state index is -0.497. The van der Waals surface area contributed by atoms with Gasteiger partial charge in [0.15, 0.2) is 4.96 Å². The molecule has 1 atom stereocenters. The molecule has 0 N–H and O–H groups in total. The van der Waals surface area contributed by atoms with Crippen molar-refractivity contribution in [3.05, 3.63) is 185 Å². The Kier molecular flexibility index (Phi) is 5.94. The molecule has 4 nitrogen and oxygen atoms in total. The van der Waals surface area contributed by atoms with Crippen molar-refractivity contribution in [2.45, 2.75) is 18.8 Å². The average Bonchev–Trinajstić information content (AvgIpc) is 3.94. The van der Waals surface area contributed by atoms with E-state index in [4.69, 9.17) is 9.97 Å². The molecule has 0 saturated carbocycles. The number of allylic oxidation sites excluding steroid dienone is 4. The van der Waals surface area contributed by atoms with Crippen molar-refractivity contribution < 1.29 is 0 Å². The maximum atomic E-state index is 10.1. The monoisotopic (exact) mass is 706 g/mol. The summed E-state index contributed by atoms with van der Waals surface area (Å²) in [5.74, 6) is 0.275. The SMILES string of the molecule is CC1CC2=C(C=C1c1cccc(-c3nc4ccccc4c4nc5sc6ccccc6n5c34)c1)C1(c3cc(C#N)ccc32)c2ccccc2-c2ccccc21. The van der Waals surface area contributed by atoms with Crippen molar-refractivity contribution in [1.82, 2.24) is 14.4 Å². The molecule has 3 aliphatic rings. The summed E-state index contributed by atoms with van der Waals surface area (Å²) in [4.78, 5) is 11.6. The topological polar surface area (TPSA) is 54.0 Å². The van der Waals surface area contributed by atoms with E-state index in [0.29, 0.717) is 5.56 Å². The molecule has 0 fully saturated rings. The fourth-order valence-corrected chi connectivity index (χ4v) is 11.0. The molecule has 0 saturated heterocycles. The Hall–Kier alpha value is -6.61. The molecular formula is C49H30N4S. The zero-order chi connectivity index (χ0) is 35.7. The van der Waals surface area contributed by atoms with E-state index in [9.17, 15) is 5.26 Å². The van der Waals surface area contributed by atoms with E-state index in [0.717, 1.165) is 50.1 Å². The molecule has 54 heavy (non-hydrogen) atoms. The highest BCUT2D eigenvalue weighted by molar-refractivity contribution is 7.23. The van der Waals surface area contributed by atoms with Gasteiger partial charge in [0, 0.05) is 10.9 Å². The van der Waals surface area contributed by atoms with Gasteiger partial charge in [0.2, 0.25) is 0 Å². The van der Waals surface area contributed by atoms with Crippen LogP contribution < -0.4 is 0 Å². The molecule has 6 aromatic carbocycles. The second-order valence-corrected chi connectivity index (χ2v) is 15.9. The molecule has 252 valence electrons. The maximum absolute atomic E-state index is 10.1. The van der Waals surface area contributed by atoms with Crippen LogP contribution in [0.5, 0.6) is 0 Å². The highest BCUT2D eigenvalue weighted by Gasteiger charge is 2.53. The average molecular weight is 707 g/mol. The summed E-state index contributed by atoms with van der Waals surface area (Å²) < 4.78 is 3.52. The lowest BCUT2D eigenvalue weighted by molar-refractivity contribution is 0.742. The summed E-state index contributed by atoms with van der Waals surface area (Å²) in [6.07, 6.45) is 3.42. The molecule has 0 aliphatic heterocycles. The third-order valence-corrected chi connectivity index (χ3v) is 13.2. The van der Waals surface area contributed by atoms with Gasteiger partial charge in [-0.2, -0.15) is 5.26 Å². The van der Waals surface area contributed by atoms with Crippen LogP contribution in [0, 0.1) is 17.2 Å². The number of thiazole rings is 1. The van der Waals surface area contributed by atoms with Gasteiger partial charge in [-0.1, -0.05) is 127 Å². The number of imidazole rings is 1. The van der Waals surface area contributed by atoms with Crippen molar-refractivity contribution in [2.24, 2.45) is 5.92 Å². The Balaban J connectivity index is 1.10. The van der Waals surface area contributed by atoms with Gasteiger partial charge in [0.1, 0.15) is 11.0 Å². The smallest absolute Gasteiger partial charge is 0.195 e. The number of rotatable bonds is 2. The lowest BCUT2D eigenvalue weighted by Gasteiger charge is -2.34. The van der Waals surface area contributed by atoms with Crippen LogP contribution in [0.1, 0.15) is 46.7 Å². The van der Waals surface area contributed by atoms with Crippen LogP contribution in [0.25, 0.3) is 70.6 Å². The Labute approximate surface area is 315 Å². The van der Waals surface area contributed by atoms with E-state index in [1.54, 1.807) is 11.3 Å². The van der Waals surface area contributed by atoms with Crippen molar-refractivity contribution in [3.8, 4) is 28.5 Å². The fraction of sp³-hybridized carbons (Fsp3) is 0.0816. The first-order valence-corrected chi connectivity index (χ1v) is 19.3. The number of hydrogen-bond donors (Lipinski definition) is 0. The largest absolute Gasteiger partial charge is 0.281 e. The van der Waals surface area contributed by atoms with Gasteiger partial charge in [-0.3, -0.25) is 4.40 Å². The molecule has 3 aliphatic carbocycles. The van der Waals surface area contributed by atoms with E-state index in [1.165, 1.54) is 60.4 Å². The molecule has 1 spiro atoms. The van der Waals surface area contributed by atoms with E-state index in [1.807, 2.05) is 6.07 Å². The molecule has 0 radical (unpaired) electrons. The van der Waals surface area contributed by atoms with Crippen LogP contribution in [0.4, 0.5) is 0 Å². The molecule has 5 heteroatoms. The summed E-state index contributed by atoms with van der Waals surface area (Å²) >= 11 is 1.72. The van der Waals surface area contributed by atoms with E-state index in [-0.39, 0.29) is 5.92 Å². The Morgan fingerprint density at radius 1 is 0.722 bits per heavy atom. The fourth-order valence-electron chi connectivity index (χ4n) is 9.93. The minimum Gasteiger partial charge on any atom is -0.281 e. The number of benzene rings is 6. The molecule has 3 aromatic heterocycles. The molecule has 3 heterocycles. The van der Waals surface area contributed by atoms with Gasteiger partial charge in [0.25, 0.3) is 0 Å². The van der Waals surface area contributed by atoms with Crippen LogP contribution >= 0.6 is 11.3 Å². The lowest BCUT2D eigenvalue weighted by Crippen LogP contribution is -2.27. The maximum Gasteiger partial charge on any atom is 0.195 e. The quantitative estimate of drug-likeness (QED) is 0.180. The molecule has 1 unspecified atom stereocenters. The van der Waals surface area contributed by atoms with Crippen LogP contribution in [-0.2, 0) is 5.41 Å². The third kappa shape index (κ3) is 3.75. The highest BCUT2D eigenvalue weighted by Crippen LogP contribution is 2.64. The van der Waals surface area contributed by atoms with Gasteiger partial charge in [-0.15, -0.1) is 0 Å². The number of para-hydroxylation sites is 2. The first kappa shape index (κ1) is 29.9. The first-order valence-electron chi connectivity index (χ1n) is 18.5. The van der Waals surface area contributed by atoms with E-state index >= 15 is 0 Å². The molecular weight excluding hydrogens is 677 g/mol. The van der Waals surface area contributed by atoms with Crippen molar-refractivity contribution in [2.75, 3.05) is 0 Å². The van der Waals surface area contributed by atoms with E-state index in [2.05, 4.69) is 157 Å². The Morgan fingerprint density at radius 2 is 1.46 bits per heavy atom. The second kappa shape index (κ2) is 10.7. The van der Waals surface area contributed by atoms with Gasteiger partial charge in [-0.05, 0) is 104 Å². The third-order valence-electron chi connectivity index (χ3n) is 12.1. The zero-order valence-corrected chi connectivity index (χ0v) is 30.2. The second-order valence-electron chi connectivity index (χ2n) is 14.9. The molecule has 0 amide bonds.